The molecule has 0 aliphatic carbocycles. The van der Waals surface area contributed by atoms with Crippen LogP contribution in [0, 0.1) is 6.92 Å². The number of carbonyl (C=O) groups excluding carboxylic acids is 1. The van der Waals surface area contributed by atoms with E-state index in [0.29, 0.717) is 12.1 Å². The van der Waals surface area contributed by atoms with Crippen LogP contribution in [0.4, 0.5) is 0 Å². The summed E-state index contributed by atoms with van der Waals surface area (Å²) in [6, 6.07) is 5.72. The Bertz CT molecular complexity index is 671. The molecule has 0 aromatic carbocycles. The summed E-state index contributed by atoms with van der Waals surface area (Å²) in [6.07, 6.45) is 6.62. The van der Waals surface area contributed by atoms with Crippen LogP contribution in [-0.2, 0) is 13.0 Å². The van der Waals surface area contributed by atoms with E-state index in [1.54, 1.807) is 6.20 Å². The molecule has 4 nitrogen and oxygen atoms in total. The van der Waals surface area contributed by atoms with E-state index >= 15 is 0 Å². The van der Waals surface area contributed by atoms with Gasteiger partial charge in [0.2, 0.25) is 0 Å². The van der Waals surface area contributed by atoms with Crippen molar-refractivity contribution in [2.24, 2.45) is 5.73 Å². The number of amides is 1. The van der Waals surface area contributed by atoms with Gasteiger partial charge in [-0.3, -0.25) is 9.78 Å². The lowest BCUT2D eigenvalue weighted by atomic mass is 10.0. The molecule has 2 rings (SSSR count). The molecule has 0 bridgehead atoms. The zero-order chi connectivity index (χ0) is 16.1. The van der Waals surface area contributed by atoms with Gasteiger partial charge in [-0.05, 0) is 31.9 Å². The Morgan fingerprint density at radius 1 is 1.45 bits per heavy atom. The number of hydrogen-bond donors (Lipinski definition) is 1. The van der Waals surface area contributed by atoms with Crippen LogP contribution in [0.3, 0.4) is 0 Å². The van der Waals surface area contributed by atoms with Gasteiger partial charge < -0.3 is 10.3 Å². The molecule has 0 saturated carbocycles. The predicted molar refractivity (Wildman–Crippen MR) is 89.7 cm³/mol. The van der Waals surface area contributed by atoms with E-state index in [2.05, 4.69) is 23.1 Å². The summed E-state index contributed by atoms with van der Waals surface area (Å²) < 4.78 is 2.13. The second-order valence-electron chi connectivity index (χ2n) is 5.36. The summed E-state index contributed by atoms with van der Waals surface area (Å²) >= 11 is 0. The van der Waals surface area contributed by atoms with E-state index in [-0.39, 0.29) is 0 Å². The highest BCUT2D eigenvalue weighted by Crippen LogP contribution is 2.32. The first-order valence-corrected chi connectivity index (χ1v) is 7.65. The Kier molecular flexibility index (Phi) is 5.15. The Labute approximate surface area is 131 Å². The van der Waals surface area contributed by atoms with Gasteiger partial charge in [-0.15, -0.1) is 6.58 Å². The zero-order valence-electron chi connectivity index (χ0n) is 13.3. The fourth-order valence-electron chi connectivity index (χ4n) is 2.87. The van der Waals surface area contributed by atoms with Crippen LogP contribution >= 0.6 is 0 Å². The molecule has 0 saturated heterocycles. The lowest BCUT2D eigenvalue weighted by molar-refractivity contribution is 0.1000. The molecule has 2 heterocycles. The number of primary amides is 1. The molecule has 116 valence electrons. The fraction of sp³-hybridized carbons (Fsp3) is 0.333. The number of rotatable bonds is 7. The van der Waals surface area contributed by atoms with E-state index in [9.17, 15) is 4.79 Å². The Balaban J connectivity index is 2.73. The molecule has 0 fully saturated rings. The normalized spacial score (nSPS) is 10.6. The maximum atomic E-state index is 12.0. The molecule has 2 aromatic rings. The number of nitrogens with two attached hydrogens (primary N) is 1. The highest BCUT2D eigenvalue weighted by Gasteiger charge is 2.24. The van der Waals surface area contributed by atoms with Crippen LogP contribution in [0.2, 0.25) is 0 Å². The summed E-state index contributed by atoms with van der Waals surface area (Å²) in [5.41, 5.74) is 9.91. The third-order valence-electron chi connectivity index (χ3n) is 3.88. The SMILES string of the molecule is C=CCn1c(C)c(C(N)=O)c(-c2ccccn2)c1CCCC. The lowest BCUT2D eigenvalue weighted by Crippen LogP contribution is -2.13. The first kappa shape index (κ1) is 16.0. The quantitative estimate of drug-likeness (QED) is 0.795. The van der Waals surface area contributed by atoms with Gasteiger partial charge in [-0.25, -0.2) is 0 Å². The third kappa shape index (κ3) is 2.96. The lowest BCUT2D eigenvalue weighted by Gasteiger charge is -2.10. The molecule has 2 N–H and O–H groups in total. The van der Waals surface area contributed by atoms with Gasteiger partial charge in [0.15, 0.2) is 0 Å². The highest BCUT2D eigenvalue weighted by atomic mass is 16.1. The average Bonchev–Trinajstić information content (AvgIpc) is 2.79. The molecule has 0 aliphatic heterocycles. The van der Waals surface area contributed by atoms with Crippen LogP contribution in [0.15, 0.2) is 37.1 Å². The van der Waals surface area contributed by atoms with Crippen LogP contribution in [0.1, 0.15) is 41.5 Å². The first-order valence-electron chi connectivity index (χ1n) is 7.65. The van der Waals surface area contributed by atoms with Gasteiger partial charge in [0.1, 0.15) is 0 Å². The van der Waals surface area contributed by atoms with E-state index in [1.807, 2.05) is 31.2 Å². The van der Waals surface area contributed by atoms with Gasteiger partial charge in [-0.1, -0.05) is 25.5 Å². The van der Waals surface area contributed by atoms with Crippen molar-refractivity contribution in [3.8, 4) is 11.3 Å². The topological polar surface area (TPSA) is 60.9 Å². The summed E-state index contributed by atoms with van der Waals surface area (Å²) in [7, 11) is 0. The molecule has 0 radical (unpaired) electrons. The smallest absolute Gasteiger partial charge is 0.251 e. The van der Waals surface area contributed by atoms with Crippen molar-refractivity contribution in [3.63, 3.8) is 0 Å². The zero-order valence-corrected chi connectivity index (χ0v) is 13.3. The van der Waals surface area contributed by atoms with E-state index in [1.165, 1.54) is 0 Å². The molecule has 2 aromatic heterocycles. The van der Waals surface area contributed by atoms with Crippen LogP contribution in [0.5, 0.6) is 0 Å². The number of aromatic nitrogens is 2. The molecule has 0 spiro atoms. The number of nitrogens with zero attached hydrogens (tertiary/aromatic N) is 2. The van der Waals surface area contributed by atoms with Gasteiger partial charge >= 0.3 is 0 Å². The van der Waals surface area contributed by atoms with Crippen LogP contribution < -0.4 is 5.73 Å². The van der Waals surface area contributed by atoms with E-state index in [4.69, 9.17) is 5.73 Å². The number of unbranched alkanes of at least 4 members (excludes halogenated alkanes) is 1. The summed E-state index contributed by atoms with van der Waals surface area (Å²) in [5, 5.41) is 0. The fourth-order valence-corrected chi connectivity index (χ4v) is 2.87. The first-order chi connectivity index (χ1) is 10.6. The highest BCUT2D eigenvalue weighted by molar-refractivity contribution is 6.01. The second-order valence-corrected chi connectivity index (χ2v) is 5.36. The number of pyridine rings is 1. The molecular weight excluding hydrogens is 274 g/mol. The maximum absolute atomic E-state index is 12.0. The monoisotopic (exact) mass is 297 g/mol. The molecule has 22 heavy (non-hydrogen) atoms. The predicted octanol–water partition coefficient (Wildman–Crippen LogP) is 3.49. The number of hydrogen-bond acceptors (Lipinski definition) is 2. The van der Waals surface area contributed by atoms with E-state index < -0.39 is 5.91 Å². The van der Waals surface area contributed by atoms with E-state index in [0.717, 1.165) is 41.9 Å². The van der Waals surface area contributed by atoms with Crippen LogP contribution in [0.25, 0.3) is 11.3 Å². The van der Waals surface area contributed by atoms with Crippen molar-refractivity contribution >= 4 is 5.91 Å². The Hall–Kier alpha value is -2.36. The minimum Gasteiger partial charge on any atom is -0.366 e. The maximum Gasteiger partial charge on any atom is 0.251 e. The summed E-state index contributed by atoms with van der Waals surface area (Å²) in [4.78, 5) is 16.4. The largest absolute Gasteiger partial charge is 0.366 e. The Morgan fingerprint density at radius 2 is 2.23 bits per heavy atom. The standard InChI is InChI=1S/C18H23N3O/c1-4-6-10-15-17(14-9-7-8-11-20-14)16(18(19)22)13(3)21(15)12-5-2/h5,7-9,11H,2,4,6,10,12H2,1,3H3,(H2,19,22). The average molecular weight is 297 g/mol. The van der Waals surface area contributed by atoms with Crippen LogP contribution in [-0.4, -0.2) is 15.5 Å². The van der Waals surface area contributed by atoms with Crippen molar-refractivity contribution in [3.05, 3.63) is 54.0 Å². The van der Waals surface area contributed by atoms with Crippen molar-refractivity contribution < 1.29 is 4.79 Å². The molecular formula is C18H23N3O. The van der Waals surface area contributed by atoms with Crippen molar-refractivity contribution in [1.29, 1.82) is 0 Å². The van der Waals surface area contributed by atoms with Gasteiger partial charge in [0.25, 0.3) is 5.91 Å². The summed E-state index contributed by atoms with van der Waals surface area (Å²) in [6.45, 7) is 8.58. The molecule has 0 unspecified atom stereocenters. The minimum atomic E-state index is -0.404. The van der Waals surface area contributed by atoms with Crippen molar-refractivity contribution in [2.75, 3.05) is 0 Å². The summed E-state index contributed by atoms with van der Waals surface area (Å²) in [5.74, 6) is -0.404. The van der Waals surface area contributed by atoms with Gasteiger partial charge in [0.05, 0.1) is 11.3 Å². The number of carbonyl (C=O) groups is 1. The van der Waals surface area contributed by atoms with Crippen molar-refractivity contribution in [1.82, 2.24) is 9.55 Å². The Morgan fingerprint density at radius 3 is 2.77 bits per heavy atom. The van der Waals surface area contributed by atoms with Gasteiger partial charge in [-0.2, -0.15) is 0 Å². The van der Waals surface area contributed by atoms with Crippen molar-refractivity contribution in [2.45, 2.75) is 39.7 Å². The number of allylic oxidation sites excluding steroid dienone is 1. The second kappa shape index (κ2) is 7.07. The third-order valence-corrected chi connectivity index (χ3v) is 3.88. The molecule has 0 atom stereocenters. The van der Waals surface area contributed by atoms with Gasteiger partial charge in [0, 0.05) is 29.7 Å². The minimum absolute atomic E-state index is 0.404. The molecule has 4 heteroatoms. The molecule has 1 amide bonds. The molecule has 0 aliphatic rings.